The monoisotopic (exact) mass is 311 g/mol. The van der Waals surface area contributed by atoms with Crippen molar-refractivity contribution >= 4 is 28.2 Å². The Hall–Kier alpha value is -2.43. The molecule has 1 N–H and O–H groups in total. The summed E-state index contributed by atoms with van der Waals surface area (Å²) in [6, 6.07) is 4.09. The lowest BCUT2D eigenvalue weighted by Gasteiger charge is -2.28. The summed E-state index contributed by atoms with van der Waals surface area (Å²) in [5, 5.41) is 12.0. The lowest BCUT2D eigenvalue weighted by atomic mass is 10.1. The highest BCUT2D eigenvalue weighted by atomic mass is 32.1. The number of aromatic amines is 1. The molecule has 22 heavy (non-hydrogen) atoms. The molecule has 4 rings (SSSR count). The van der Waals surface area contributed by atoms with Gasteiger partial charge in [-0.15, -0.1) is 11.3 Å². The molecule has 0 aliphatic carbocycles. The molecule has 6 nitrogen and oxygen atoms in total. The van der Waals surface area contributed by atoms with Crippen molar-refractivity contribution in [3.63, 3.8) is 0 Å². The summed E-state index contributed by atoms with van der Waals surface area (Å²) >= 11 is 1.45. The summed E-state index contributed by atoms with van der Waals surface area (Å²) < 4.78 is 5.42. The number of fused-ring (bicyclic) bond motifs is 1. The van der Waals surface area contributed by atoms with Crippen molar-refractivity contribution in [2.45, 2.75) is 0 Å². The smallest absolute Gasteiger partial charge is 0.143 e. The molecule has 4 heterocycles. The largest absolute Gasteiger partial charge is 0.378 e. The average molecular weight is 311 g/mol. The number of thiophene rings is 1. The molecule has 0 aromatic carbocycles. The summed E-state index contributed by atoms with van der Waals surface area (Å²) in [6.07, 6.45) is 3.52. The number of hydrogen-bond acceptors (Lipinski definition) is 6. The normalized spacial score (nSPS) is 15.1. The number of nitrogens with one attached hydrogen (secondary N) is 1. The van der Waals surface area contributed by atoms with Gasteiger partial charge in [0.25, 0.3) is 0 Å². The molecule has 1 aliphatic rings. The van der Waals surface area contributed by atoms with Crippen molar-refractivity contribution in [3.8, 4) is 17.2 Å². The zero-order valence-corrected chi connectivity index (χ0v) is 12.6. The van der Waals surface area contributed by atoms with E-state index < -0.39 is 0 Å². The van der Waals surface area contributed by atoms with E-state index in [1.54, 1.807) is 6.33 Å². The fraction of sp³-hybridized carbons (Fsp3) is 0.267. The number of morpholine rings is 1. The van der Waals surface area contributed by atoms with E-state index in [1.165, 1.54) is 11.3 Å². The molecule has 3 aromatic rings. The van der Waals surface area contributed by atoms with Crippen LogP contribution in [0.25, 0.3) is 22.2 Å². The van der Waals surface area contributed by atoms with Gasteiger partial charge < -0.3 is 14.6 Å². The zero-order chi connectivity index (χ0) is 14.9. The Balaban J connectivity index is 1.87. The SMILES string of the molecule is N#Cc1cc(-c2c[nH]c3ncnc(N4CCOCC4)c23)cs1. The van der Waals surface area contributed by atoms with Crippen LogP contribution in [0.4, 0.5) is 5.82 Å². The van der Waals surface area contributed by atoms with E-state index >= 15 is 0 Å². The molecule has 1 saturated heterocycles. The van der Waals surface area contributed by atoms with Gasteiger partial charge in [-0.05, 0) is 11.6 Å². The predicted octanol–water partition coefficient (Wildman–Crippen LogP) is 2.39. The molecule has 110 valence electrons. The van der Waals surface area contributed by atoms with Crippen molar-refractivity contribution in [1.29, 1.82) is 5.26 Å². The van der Waals surface area contributed by atoms with Crippen LogP contribution in [0.3, 0.4) is 0 Å². The van der Waals surface area contributed by atoms with Crippen LogP contribution in [-0.2, 0) is 4.74 Å². The van der Waals surface area contributed by atoms with Gasteiger partial charge in [-0.1, -0.05) is 0 Å². The Labute approximate surface area is 131 Å². The lowest BCUT2D eigenvalue weighted by molar-refractivity contribution is 0.122. The Morgan fingerprint density at radius 2 is 2.18 bits per heavy atom. The highest BCUT2D eigenvalue weighted by Gasteiger charge is 2.20. The minimum absolute atomic E-state index is 0.703. The van der Waals surface area contributed by atoms with Crippen molar-refractivity contribution in [2.24, 2.45) is 0 Å². The number of nitrogens with zero attached hydrogens (tertiary/aromatic N) is 4. The van der Waals surface area contributed by atoms with Gasteiger partial charge in [-0.3, -0.25) is 0 Å². The van der Waals surface area contributed by atoms with Crippen LogP contribution >= 0.6 is 11.3 Å². The zero-order valence-electron chi connectivity index (χ0n) is 11.7. The second-order valence-corrected chi connectivity index (χ2v) is 5.95. The first-order valence-corrected chi connectivity index (χ1v) is 7.88. The first kappa shape index (κ1) is 13.2. The van der Waals surface area contributed by atoms with E-state index in [2.05, 4.69) is 25.9 Å². The van der Waals surface area contributed by atoms with Gasteiger partial charge in [0.2, 0.25) is 0 Å². The Bertz CT molecular complexity index is 856. The molecule has 1 aliphatic heterocycles. The number of aromatic nitrogens is 3. The van der Waals surface area contributed by atoms with E-state index in [0.717, 1.165) is 41.1 Å². The van der Waals surface area contributed by atoms with Gasteiger partial charge in [0, 0.05) is 30.2 Å². The highest BCUT2D eigenvalue weighted by molar-refractivity contribution is 7.10. The Morgan fingerprint density at radius 1 is 1.32 bits per heavy atom. The highest BCUT2D eigenvalue weighted by Crippen LogP contribution is 2.35. The molecule has 7 heteroatoms. The molecule has 0 amide bonds. The van der Waals surface area contributed by atoms with Gasteiger partial charge in [0.15, 0.2) is 0 Å². The van der Waals surface area contributed by atoms with E-state index in [0.29, 0.717) is 18.1 Å². The molecular weight excluding hydrogens is 298 g/mol. The van der Waals surface area contributed by atoms with Gasteiger partial charge in [-0.2, -0.15) is 5.26 Å². The molecule has 0 bridgehead atoms. The number of hydrogen-bond donors (Lipinski definition) is 1. The number of nitriles is 1. The van der Waals surface area contributed by atoms with Gasteiger partial charge >= 0.3 is 0 Å². The third kappa shape index (κ3) is 2.13. The van der Waals surface area contributed by atoms with Crippen LogP contribution in [0.1, 0.15) is 4.88 Å². The average Bonchev–Trinajstić information content (AvgIpc) is 3.21. The third-order valence-corrected chi connectivity index (χ3v) is 4.62. The van der Waals surface area contributed by atoms with Crippen molar-refractivity contribution in [3.05, 3.63) is 28.8 Å². The van der Waals surface area contributed by atoms with E-state index in [-0.39, 0.29) is 0 Å². The molecule has 0 spiro atoms. The second kappa shape index (κ2) is 5.40. The molecule has 3 aromatic heterocycles. The van der Waals surface area contributed by atoms with Crippen molar-refractivity contribution in [1.82, 2.24) is 15.0 Å². The topological polar surface area (TPSA) is 77.8 Å². The van der Waals surface area contributed by atoms with Gasteiger partial charge in [0.1, 0.15) is 28.7 Å². The van der Waals surface area contributed by atoms with Crippen molar-refractivity contribution in [2.75, 3.05) is 31.2 Å². The van der Waals surface area contributed by atoms with Gasteiger partial charge in [0.05, 0.1) is 18.6 Å². The summed E-state index contributed by atoms with van der Waals surface area (Å²) in [4.78, 5) is 15.0. The molecule has 0 saturated carbocycles. The van der Waals surface area contributed by atoms with Crippen LogP contribution in [-0.4, -0.2) is 41.3 Å². The summed E-state index contributed by atoms with van der Waals surface area (Å²) in [7, 11) is 0. The molecule has 1 fully saturated rings. The van der Waals surface area contributed by atoms with Gasteiger partial charge in [-0.25, -0.2) is 9.97 Å². The summed E-state index contributed by atoms with van der Waals surface area (Å²) in [6.45, 7) is 3.07. The first-order chi connectivity index (χ1) is 10.9. The number of H-pyrrole nitrogens is 1. The number of anilines is 1. The lowest BCUT2D eigenvalue weighted by Crippen LogP contribution is -2.36. The molecule has 0 unspecified atom stereocenters. The van der Waals surface area contributed by atoms with E-state index in [4.69, 9.17) is 10.00 Å². The van der Waals surface area contributed by atoms with E-state index in [1.807, 2.05) is 17.6 Å². The van der Waals surface area contributed by atoms with Crippen molar-refractivity contribution < 1.29 is 4.74 Å². The maximum Gasteiger partial charge on any atom is 0.143 e. The number of rotatable bonds is 2. The molecule has 0 atom stereocenters. The predicted molar refractivity (Wildman–Crippen MR) is 84.9 cm³/mol. The Morgan fingerprint density at radius 3 is 2.95 bits per heavy atom. The summed E-state index contributed by atoms with van der Waals surface area (Å²) in [5.41, 5.74) is 2.88. The van der Waals surface area contributed by atoms with Crippen LogP contribution in [0.2, 0.25) is 0 Å². The maximum atomic E-state index is 9.03. The minimum Gasteiger partial charge on any atom is -0.378 e. The first-order valence-electron chi connectivity index (χ1n) is 7.00. The third-order valence-electron chi connectivity index (χ3n) is 3.78. The fourth-order valence-corrected chi connectivity index (χ4v) is 3.42. The second-order valence-electron chi connectivity index (χ2n) is 5.03. The Kier molecular flexibility index (Phi) is 3.25. The molecule has 0 radical (unpaired) electrons. The summed E-state index contributed by atoms with van der Waals surface area (Å²) in [5.74, 6) is 0.925. The van der Waals surface area contributed by atoms with E-state index in [9.17, 15) is 0 Å². The standard InChI is InChI=1S/C15H13N5OS/c16-6-11-5-10(8-22-11)12-7-17-14-13(12)15(19-9-18-14)20-1-3-21-4-2-20/h5,7-9H,1-4H2,(H,17,18,19). The molecular formula is C15H13N5OS. The van der Waals surface area contributed by atoms with Crippen LogP contribution in [0.15, 0.2) is 24.0 Å². The maximum absolute atomic E-state index is 9.03. The minimum atomic E-state index is 0.703. The van der Waals surface area contributed by atoms with Crippen LogP contribution in [0.5, 0.6) is 0 Å². The fourth-order valence-electron chi connectivity index (χ4n) is 2.73. The van der Waals surface area contributed by atoms with Crippen LogP contribution < -0.4 is 4.90 Å². The number of ether oxygens (including phenoxy) is 1. The quantitative estimate of drug-likeness (QED) is 0.786. The van der Waals surface area contributed by atoms with Crippen LogP contribution in [0, 0.1) is 11.3 Å².